The molecule has 11 heteroatoms. The zero-order chi connectivity index (χ0) is 37.0. The molecule has 1 spiro atoms. The molecule has 3 amide bonds. The number of hydrogen-bond donors (Lipinski definition) is 2. The summed E-state index contributed by atoms with van der Waals surface area (Å²) in [5.74, 6) is 0.780. The number of nitrogens with one attached hydrogen (secondary N) is 2. The zero-order valence-corrected chi connectivity index (χ0v) is 31.7. The maximum Gasteiger partial charge on any atom is 0.251 e. The molecule has 0 bridgehead atoms. The van der Waals surface area contributed by atoms with Crippen LogP contribution in [-0.2, 0) is 15.0 Å². The molecule has 2 saturated heterocycles. The van der Waals surface area contributed by atoms with E-state index in [2.05, 4.69) is 57.0 Å². The highest BCUT2D eigenvalue weighted by atomic mass is 16.2. The van der Waals surface area contributed by atoms with Gasteiger partial charge in [0.15, 0.2) is 5.82 Å². The molecule has 5 heterocycles. The van der Waals surface area contributed by atoms with Crippen molar-refractivity contribution in [3.8, 4) is 11.3 Å². The smallest absolute Gasteiger partial charge is 0.251 e. The first kappa shape index (κ1) is 35.3. The van der Waals surface area contributed by atoms with Crippen LogP contribution in [0.15, 0.2) is 48.8 Å². The molecule has 278 valence electrons. The number of rotatable bonds is 8. The minimum absolute atomic E-state index is 0.0678. The first-order valence-corrected chi connectivity index (χ1v) is 19.6. The van der Waals surface area contributed by atoms with Gasteiger partial charge in [-0.25, -0.2) is 9.97 Å². The van der Waals surface area contributed by atoms with Crippen LogP contribution < -0.4 is 15.5 Å². The van der Waals surface area contributed by atoms with Gasteiger partial charge < -0.3 is 29.9 Å². The standard InChI is InChI=1S/C42H52N8O3/c1-6-27(3)49-25-44-36-24-35(46-39(38(36)49)45-30-12-10-26(2)33(21-30)40(52)43-5)29-11-13-34-37(20-29)50(32-22-31(23-32)48-16-8-7-9-17-48)41(53)42(34)14-18-47(19-15-42)28(4)51/h10-13,20-21,24-25,27,31-32H,6-9,14-19,22-23H2,1-5H3,(H,43,52)(H,45,46)/t27-,31?,32?/m0/s1. The van der Waals surface area contributed by atoms with Crippen LogP contribution in [0, 0.1) is 6.92 Å². The molecule has 0 radical (unpaired) electrons. The van der Waals surface area contributed by atoms with Gasteiger partial charge in [0.1, 0.15) is 5.52 Å². The molecule has 1 aliphatic carbocycles. The van der Waals surface area contributed by atoms with Gasteiger partial charge in [0.05, 0.1) is 23.0 Å². The molecule has 4 aliphatic rings. The molecule has 4 aromatic rings. The Kier molecular flexibility index (Phi) is 9.25. The summed E-state index contributed by atoms with van der Waals surface area (Å²) in [5.41, 5.74) is 7.10. The van der Waals surface area contributed by atoms with E-state index in [0.29, 0.717) is 43.4 Å². The largest absolute Gasteiger partial charge is 0.355 e. The highest BCUT2D eigenvalue weighted by Crippen LogP contribution is 2.52. The minimum atomic E-state index is -0.622. The summed E-state index contributed by atoms with van der Waals surface area (Å²) in [6.07, 6.45) is 9.89. The van der Waals surface area contributed by atoms with E-state index >= 15 is 0 Å². The van der Waals surface area contributed by atoms with Crippen molar-refractivity contribution in [3.63, 3.8) is 0 Å². The quantitative estimate of drug-likeness (QED) is 0.208. The highest BCUT2D eigenvalue weighted by Gasteiger charge is 2.55. The van der Waals surface area contributed by atoms with Crippen LogP contribution in [0.25, 0.3) is 22.3 Å². The van der Waals surface area contributed by atoms with E-state index in [1.165, 1.54) is 19.3 Å². The monoisotopic (exact) mass is 716 g/mol. The second-order valence-corrected chi connectivity index (χ2v) is 15.7. The Morgan fingerprint density at radius 2 is 1.74 bits per heavy atom. The number of aryl methyl sites for hydroxylation is 1. The average molecular weight is 717 g/mol. The van der Waals surface area contributed by atoms with E-state index in [1.807, 2.05) is 42.4 Å². The summed E-state index contributed by atoms with van der Waals surface area (Å²) in [7, 11) is 1.64. The van der Waals surface area contributed by atoms with Crippen LogP contribution in [0.2, 0.25) is 0 Å². The lowest BCUT2D eigenvalue weighted by atomic mass is 9.73. The molecule has 2 aromatic heterocycles. The number of nitrogens with zero attached hydrogens (tertiary/aromatic N) is 6. The van der Waals surface area contributed by atoms with Gasteiger partial charge in [0, 0.05) is 67.7 Å². The van der Waals surface area contributed by atoms with E-state index in [0.717, 1.165) is 77.1 Å². The second kappa shape index (κ2) is 13.9. The number of carbonyl (C=O) groups is 3. The fraction of sp³-hybridized carbons (Fsp3) is 0.500. The molecule has 3 aliphatic heterocycles. The fourth-order valence-corrected chi connectivity index (χ4v) is 9.19. The van der Waals surface area contributed by atoms with Crippen molar-refractivity contribution in [2.75, 3.05) is 43.4 Å². The number of likely N-dealkylation sites (tertiary alicyclic amines) is 2. The number of carbonyl (C=O) groups excluding carboxylic acids is 3. The lowest BCUT2D eigenvalue weighted by Crippen LogP contribution is -2.58. The zero-order valence-electron chi connectivity index (χ0n) is 31.7. The summed E-state index contributed by atoms with van der Waals surface area (Å²) < 4.78 is 2.16. The van der Waals surface area contributed by atoms with Crippen molar-refractivity contribution in [1.29, 1.82) is 0 Å². The van der Waals surface area contributed by atoms with Crippen molar-refractivity contribution in [1.82, 2.24) is 29.7 Å². The Bertz CT molecular complexity index is 2070. The predicted molar refractivity (Wildman–Crippen MR) is 209 cm³/mol. The number of benzene rings is 2. The number of anilines is 3. The van der Waals surface area contributed by atoms with Crippen LogP contribution in [0.4, 0.5) is 17.2 Å². The Labute approximate surface area is 312 Å². The van der Waals surface area contributed by atoms with Crippen LogP contribution in [-0.4, -0.2) is 87.4 Å². The van der Waals surface area contributed by atoms with Crippen LogP contribution >= 0.6 is 0 Å². The molecule has 0 unspecified atom stereocenters. The maximum absolute atomic E-state index is 14.8. The number of aromatic nitrogens is 3. The molecule has 53 heavy (non-hydrogen) atoms. The third-order valence-corrected chi connectivity index (χ3v) is 12.7. The number of imidazole rings is 1. The van der Waals surface area contributed by atoms with E-state index < -0.39 is 5.41 Å². The van der Waals surface area contributed by atoms with E-state index in [-0.39, 0.29) is 29.8 Å². The van der Waals surface area contributed by atoms with Gasteiger partial charge in [-0.15, -0.1) is 0 Å². The summed E-state index contributed by atoms with van der Waals surface area (Å²) in [4.78, 5) is 56.5. The van der Waals surface area contributed by atoms with Gasteiger partial charge in [0.2, 0.25) is 11.8 Å². The van der Waals surface area contributed by atoms with E-state index in [9.17, 15) is 14.4 Å². The van der Waals surface area contributed by atoms with E-state index in [1.54, 1.807) is 14.0 Å². The first-order valence-electron chi connectivity index (χ1n) is 19.6. The van der Waals surface area contributed by atoms with Gasteiger partial charge in [-0.1, -0.05) is 31.5 Å². The number of fused-ring (bicyclic) bond motifs is 3. The summed E-state index contributed by atoms with van der Waals surface area (Å²) in [6.45, 7) is 11.4. The normalized spacial score (nSPS) is 21.8. The predicted octanol–water partition coefficient (Wildman–Crippen LogP) is 6.72. The third-order valence-electron chi connectivity index (χ3n) is 12.7. The number of piperidine rings is 2. The lowest BCUT2D eigenvalue weighted by molar-refractivity contribution is -0.134. The second-order valence-electron chi connectivity index (χ2n) is 15.7. The number of amides is 3. The molecule has 11 nitrogen and oxygen atoms in total. The number of pyridine rings is 1. The summed E-state index contributed by atoms with van der Waals surface area (Å²) >= 11 is 0. The first-order chi connectivity index (χ1) is 25.6. The Morgan fingerprint density at radius 1 is 0.981 bits per heavy atom. The summed E-state index contributed by atoms with van der Waals surface area (Å²) in [6, 6.07) is 15.1. The topological polar surface area (TPSA) is 116 Å². The molecule has 2 aromatic carbocycles. The maximum atomic E-state index is 14.8. The molecule has 8 rings (SSSR count). The highest BCUT2D eigenvalue weighted by molar-refractivity contribution is 6.09. The third kappa shape index (κ3) is 6.06. The molecular weight excluding hydrogens is 665 g/mol. The van der Waals surface area contributed by atoms with Crippen LogP contribution in [0.3, 0.4) is 0 Å². The van der Waals surface area contributed by atoms with E-state index in [4.69, 9.17) is 9.97 Å². The lowest BCUT2D eigenvalue weighted by Gasteiger charge is -2.48. The SMILES string of the molecule is CC[C@H](C)n1cnc2cc(-c3ccc4c(c3)N(C3CC(N5CCCCC5)C3)C(=O)C43CCN(C(C)=O)CC3)nc(Nc3ccc(C)c(C(=O)NC)c3)c21. The van der Waals surface area contributed by atoms with Crippen molar-refractivity contribution >= 4 is 45.9 Å². The molecule has 2 N–H and O–H groups in total. The number of hydrogen-bond acceptors (Lipinski definition) is 7. The fourth-order valence-electron chi connectivity index (χ4n) is 9.19. The Morgan fingerprint density at radius 3 is 2.43 bits per heavy atom. The van der Waals surface area contributed by atoms with Gasteiger partial charge >= 0.3 is 0 Å². The van der Waals surface area contributed by atoms with Gasteiger partial charge in [-0.2, -0.15) is 0 Å². The Hall–Kier alpha value is -4.77. The van der Waals surface area contributed by atoms with Gasteiger partial charge in [-0.3, -0.25) is 14.4 Å². The van der Waals surface area contributed by atoms with Crippen LogP contribution in [0.1, 0.15) is 99.7 Å². The van der Waals surface area contributed by atoms with Crippen molar-refractivity contribution < 1.29 is 14.4 Å². The molecule has 1 atom stereocenters. The molecule has 3 fully saturated rings. The molecular formula is C42H52N8O3. The molecule has 1 saturated carbocycles. The minimum Gasteiger partial charge on any atom is -0.355 e. The van der Waals surface area contributed by atoms with Gasteiger partial charge in [-0.05, 0) is 107 Å². The average Bonchev–Trinajstić information content (AvgIpc) is 3.69. The van der Waals surface area contributed by atoms with Crippen molar-refractivity contribution in [2.24, 2.45) is 0 Å². The van der Waals surface area contributed by atoms with Gasteiger partial charge in [0.25, 0.3) is 5.91 Å². The van der Waals surface area contributed by atoms with Crippen molar-refractivity contribution in [3.05, 3.63) is 65.5 Å². The van der Waals surface area contributed by atoms with Crippen LogP contribution in [0.5, 0.6) is 0 Å². The summed E-state index contributed by atoms with van der Waals surface area (Å²) in [5, 5.41) is 6.30. The van der Waals surface area contributed by atoms with Crippen molar-refractivity contribution in [2.45, 2.75) is 103 Å². The Balaban J connectivity index is 1.19.